The zero-order valence-corrected chi connectivity index (χ0v) is 11.4. The maximum atomic E-state index is 12.9. The van der Waals surface area contributed by atoms with Gasteiger partial charge in [0, 0.05) is 23.2 Å². The number of halogens is 1. The van der Waals surface area contributed by atoms with E-state index in [4.69, 9.17) is 0 Å². The van der Waals surface area contributed by atoms with Crippen LogP contribution in [0.2, 0.25) is 0 Å². The van der Waals surface area contributed by atoms with E-state index in [9.17, 15) is 9.18 Å². The minimum atomic E-state index is -0.304. The maximum Gasteiger partial charge on any atom is 0.251 e. The number of likely N-dealkylation sites (N-methyl/N-ethyl adjacent to an activating group) is 1. The molecule has 0 N–H and O–H groups in total. The molecular weight excluding hydrogens is 261 g/mol. The van der Waals surface area contributed by atoms with Gasteiger partial charge in [0.2, 0.25) is 0 Å². The molecule has 0 spiro atoms. The Morgan fingerprint density at radius 3 is 2.63 bits per heavy atom. The Morgan fingerprint density at radius 1 is 1.32 bits per heavy atom. The van der Waals surface area contributed by atoms with Crippen LogP contribution in [0.5, 0.6) is 0 Å². The number of hydrogen-bond acceptors (Lipinski definition) is 2. The molecule has 19 heavy (non-hydrogen) atoms. The maximum absolute atomic E-state index is 12.9. The molecule has 0 atom stereocenters. The summed E-state index contributed by atoms with van der Waals surface area (Å²) in [5, 5.41) is 1.96. The molecule has 0 aliphatic rings. The third-order valence-corrected chi connectivity index (χ3v) is 3.49. The predicted molar refractivity (Wildman–Crippen MR) is 77.8 cm³/mol. The minimum absolute atomic E-state index is 0.109. The Kier molecular flexibility index (Phi) is 4.47. The summed E-state index contributed by atoms with van der Waals surface area (Å²) < 4.78 is 12.9. The molecule has 1 amide bonds. The quantitative estimate of drug-likeness (QED) is 0.774. The van der Waals surface area contributed by atoms with Gasteiger partial charge in [0.15, 0.2) is 0 Å². The largest absolute Gasteiger partial charge is 0.309 e. The number of nitrogens with zero attached hydrogens (tertiary/aromatic N) is 1. The standard InChI is InChI=1S/C15H14FNOS/c1-2-17(13-7-5-12(16)6-8-13)15(18)10-9-14-4-3-11-19-14/h3-11H,2H2,1H3/b10-9+. The van der Waals surface area contributed by atoms with E-state index in [1.54, 1.807) is 40.5 Å². The number of benzene rings is 1. The van der Waals surface area contributed by atoms with Crippen LogP contribution in [0.15, 0.2) is 47.9 Å². The number of hydrogen-bond donors (Lipinski definition) is 0. The molecular formula is C15H14FNOS. The number of amides is 1. The third-order valence-electron chi connectivity index (χ3n) is 2.65. The lowest BCUT2D eigenvalue weighted by Gasteiger charge is -2.19. The first-order chi connectivity index (χ1) is 9.20. The molecule has 0 unspecified atom stereocenters. The molecule has 2 aromatic rings. The number of thiophene rings is 1. The normalized spacial score (nSPS) is 10.8. The number of carbonyl (C=O) groups excluding carboxylic acids is 1. The Balaban J connectivity index is 2.13. The van der Waals surface area contributed by atoms with Crippen LogP contribution in [0.1, 0.15) is 11.8 Å². The second-order valence-electron chi connectivity index (χ2n) is 3.91. The molecule has 4 heteroatoms. The first kappa shape index (κ1) is 13.5. The van der Waals surface area contributed by atoms with Crippen LogP contribution in [0.4, 0.5) is 10.1 Å². The molecule has 0 aliphatic heterocycles. The molecule has 0 saturated heterocycles. The fraction of sp³-hybridized carbons (Fsp3) is 0.133. The summed E-state index contributed by atoms with van der Waals surface area (Å²) in [5.74, 6) is -0.413. The molecule has 98 valence electrons. The van der Waals surface area contributed by atoms with E-state index in [-0.39, 0.29) is 11.7 Å². The van der Waals surface area contributed by atoms with Crippen molar-refractivity contribution in [1.82, 2.24) is 0 Å². The minimum Gasteiger partial charge on any atom is -0.309 e. The highest BCUT2D eigenvalue weighted by atomic mass is 32.1. The Morgan fingerprint density at radius 2 is 2.05 bits per heavy atom. The van der Waals surface area contributed by atoms with Gasteiger partial charge in [0.1, 0.15) is 5.82 Å². The second kappa shape index (κ2) is 6.29. The van der Waals surface area contributed by atoms with Gasteiger partial charge in [-0.1, -0.05) is 6.07 Å². The summed E-state index contributed by atoms with van der Waals surface area (Å²) in [4.78, 5) is 14.7. The molecule has 0 aliphatic carbocycles. The van der Waals surface area contributed by atoms with Gasteiger partial charge in [0.05, 0.1) is 0 Å². The number of carbonyl (C=O) groups is 1. The van der Waals surface area contributed by atoms with Gasteiger partial charge in [-0.2, -0.15) is 0 Å². The molecule has 0 bridgehead atoms. The van der Waals surface area contributed by atoms with E-state index >= 15 is 0 Å². The molecule has 2 nitrogen and oxygen atoms in total. The van der Waals surface area contributed by atoms with Crippen molar-refractivity contribution < 1.29 is 9.18 Å². The zero-order valence-electron chi connectivity index (χ0n) is 10.5. The third kappa shape index (κ3) is 3.51. The van der Waals surface area contributed by atoms with Gasteiger partial charge in [-0.05, 0) is 48.7 Å². The van der Waals surface area contributed by atoms with Gasteiger partial charge in [-0.3, -0.25) is 4.79 Å². The Hall–Kier alpha value is -1.94. The van der Waals surface area contributed by atoms with Crippen LogP contribution in [0.25, 0.3) is 6.08 Å². The summed E-state index contributed by atoms with van der Waals surface area (Å²) >= 11 is 1.57. The lowest BCUT2D eigenvalue weighted by Crippen LogP contribution is -2.28. The first-order valence-electron chi connectivity index (χ1n) is 5.99. The average Bonchev–Trinajstić information content (AvgIpc) is 2.92. The van der Waals surface area contributed by atoms with Gasteiger partial charge in [-0.15, -0.1) is 11.3 Å². The van der Waals surface area contributed by atoms with Crippen LogP contribution >= 0.6 is 11.3 Å². The van der Waals surface area contributed by atoms with Crippen molar-refractivity contribution in [3.05, 3.63) is 58.5 Å². The Bertz CT molecular complexity index is 560. The van der Waals surface area contributed by atoms with Crippen LogP contribution < -0.4 is 4.90 Å². The molecule has 0 saturated carbocycles. The highest BCUT2D eigenvalue weighted by Gasteiger charge is 2.10. The van der Waals surface area contributed by atoms with Crippen LogP contribution in [0, 0.1) is 5.82 Å². The fourth-order valence-electron chi connectivity index (χ4n) is 1.72. The van der Waals surface area contributed by atoms with Crippen molar-refractivity contribution in [3.63, 3.8) is 0 Å². The number of anilines is 1. The van der Waals surface area contributed by atoms with E-state index in [1.165, 1.54) is 12.1 Å². The van der Waals surface area contributed by atoms with Crippen LogP contribution in [0.3, 0.4) is 0 Å². The van der Waals surface area contributed by atoms with Crippen LogP contribution in [-0.2, 0) is 4.79 Å². The van der Waals surface area contributed by atoms with E-state index < -0.39 is 0 Å². The highest BCUT2D eigenvalue weighted by Crippen LogP contribution is 2.16. The van der Waals surface area contributed by atoms with E-state index in [0.717, 1.165) is 4.88 Å². The van der Waals surface area contributed by atoms with Crippen LogP contribution in [-0.4, -0.2) is 12.5 Å². The van der Waals surface area contributed by atoms with Gasteiger partial charge in [0.25, 0.3) is 5.91 Å². The summed E-state index contributed by atoms with van der Waals surface area (Å²) in [6.45, 7) is 2.43. The molecule has 0 radical (unpaired) electrons. The SMILES string of the molecule is CCN(C(=O)/C=C/c1cccs1)c1ccc(F)cc1. The summed E-state index contributed by atoms with van der Waals surface area (Å²) in [7, 11) is 0. The molecule has 1 aromatic carbocycles. The predicted octanol–water partition coefficient (Wildman–Crippen LogP) is 3.95. The van der Waals surface area contributed by atoms with E-state index in [1.807, 2.05) is 24.4 Å². The Labute approximate surface area is 115 Å². The molecule has 1 heterocycles. The topological polar surface area (TPSA) is 20.3 Å². The lowest BCUT2D eigenvalue weighted by atomic mass is 10.2. The smallest absolute Gasteiger partial charge is 0.251 e. The first-order valence-corrected chi connectivity index (χ1v) is 6.87. The summed E-state index contributed by atoms with van der Waals surface area (Å²) in [6.07, 6.45) is 3.33. The summed E-state index contributed by atoms with van der Waals surface area (Å²) in [6, 6.07) is 9.81. The lowest BCUT2D eigenvalue weighted by molar-refractivity contribution is -0.114. The summed E-state index contributed by atoms with van der Waals surface area (Å²) in [5.41, 5.74) is 0.699. The zero-order chi connectivity index (χ0) is 13.7. The monoisotopic (exact) mass is 275 g/mol. The van der Waals surface area contributed by atoms with Crippen molar-refractivity contribution in [2.75, 3.05) is 11.4 Å². The highest BCUT2D eigenvalue weighted by molar-refractivity contribution is 7.10. The van der Waals surface area contributed by atoms with Gasteiger partial charge >= 0.3 is 0 Å². The molecule has 1 aromatic heterocycles. The van der Waals surface area contributed by atoms with Crippen molar-refractivity contribution in [3.8, 4) is 0 Å². The van der Waals surface area contributed by atoms with Crippen molar-refractivity contribution in [2.45, 2.75) is 6.92 Å². The van der Waals surface area contributed by atoms with Crippen molar-refractivity contribution in [1.29, 1.82) is 0 Å². The van der Waals surface area contributed by atoms with Gasteiger partial charge in [-0.25, -0.2) is 4.39 Å². The van der Waals surface area contributed by atoms with Crippen molar-refractivity contribution >= 4 is 29.0 Å². The fourth-order valence-corrected chi connectivity index (χ4v) is 2.33. The molecule has 0 fully saturated rings. The van der Waals surface area contributed by atoms with Crippen molar-refractivity contribution in [2.24, 2.45) is 0 Å². The second-order valence-corrected chi connectivity index (χ2v) is 4.89. The van der Waals surface area contributed by atoms with E-state index in [2.05, 4.69) is 0 Å². The van der Waals surface area contributed by atoms with E-state index in [0.29, 0.717) is 12.2 Å². The molecule has 2 rings (SSSR count). The number of rotatable bonds is 4. The average molecular weight is 275 g/mol. The van der Waals surface area contributed by atoms with Gasteiger partial charge < -0.3 is 4.90 Å².